The first-order chi connectivity index (χ1) is 13.0. The molecule has 0 unspecified atom stereocenters. The number of methoxy groups -OCH3 is 2. The van der Waals surface area contributed by atoms with Gasteiger partial charge >= 0.3 is 11.9 Å². The minimum Gasteiger partial charge on any atom is -0.497 e. The van der Waals surface area contributed by atoms with E-state index >= 15 is 0 Å². The predicted octanol–water partition coefficient (Wildman–Crippen LogP) is 2.60. The van der Waals surface area contributed by atoms with Crippen LogP contribution < -0.4 is 10.1 Å². The maximum atomic E-state index is 12.2. The molecule has 27 heavy (non-hydrogen) atoms. The zero-order chi connectivity index (χ0) is 19.6. The molecule has 0 aliphatic rings. The molecule has 142 valence electrons. The Hall–Kier alpha value is -3.35. The van der Waals surface area contributed by atoms with Crippen LogP contribution in [0.25, 0.3) is 0 Å². The van der Waals surface area contributed by atoms with Crippen LogP contribution in [0.1, 0.15) is 22.3 Å². The van der Waals surface area contributed by atoms with Crippen molar-refractivity contribution in [2.24, 2.45) is 0 Å². The zero-order valence-corrected chi connectivity index (χ0v) is 15.2. The van der Waals surface area contributed by atoms with Crippen LogP contribution >= 0.6 is 0 Å². The topological polar surface area (TPSA) is 90.9 Å². The van der Waals surface area contributed by atoms with Gasteiger partial charge in [0.05, 0.1) is 25.5 Å². The summed E-state index contributed by atoms with van der Waals surface area (Å²) in [6.45, 7) is -0.491. The van der Waals surface area contributed by atoms with Gasteiger partial charge in [-0.1, -0.05) is 24.3 Å². The van der Waals surface area contributed by atoms with Gasteiger partial charge in [-0.15, -0.1) is 0 Å². The van der Waals surface area contributed by atoms with E-state index in [0.29, 0.717) is 12.1 Å². The molecule has 0 heterocycles. The Balaban J connectivity index is 1.94. The number of hydrogen-bond acceptors (Lipinski definition) is 6. The highest BCUT2D eigenvalue weighted by Crippen LogP contribution is 2.17. The van der Waals surface area contributed by atoms with Gasteiger partial charge in [0.15, 0.2) is 6.61 Å². The minimum absolute atomic E-state index is 0.166. The van der Waals surface area contributed by atoms with E-state index in [1.54, 1.807) is 25.3 Å². The van der Waals surface area contributed by atoms with Crippen LogP contribution in [0, 0.1) is 0 Å². The highest BCUT2D eigenvalue weighted by atomic mass is 16.6. The van der Waals surface area contributed by atoms with Crippen LogP contribution in [-0.4, -0.2) is 38.7 Å². The molecule has 0 bridgehead atoms. The molecule has 0 aliphatic carbocycles. The summed E-state index contributed by atoms with van der Waals surface area (Å²) in [7, 11) is 2.79. The predicted molar refractivity (Wildman–Crippen MR) is 98.7 cm³/mol. The van der Waals surface area contributed by atoms with Gasteiger partial charge in [-0.2, -0.15) is 0 Å². The van der Waals surface area contributed by atoms with E-state index in [2.05, 4.69) is 10.1 Å². The average Bonchev–Trinajstić information content (AvgIpc) is 2.71. The lowest BCUT2D eigenvalue weighted by atomic mass is 10.1. The van der Waals surface area contributed by atoms with Crippen LogP contribution in [-0.2, 0) is 25.5 Å². The second-order valence-electron chi connectivity index (χ2n) is 5.59. The summed E-state index contributed by atoms with van der Waals surface area (Å²) in [5.74, 6) is -0.863. The molecule has 0 fully saturated rings. The summed E-state index contributed by atoms with van der Waals surface area (Å²) < 4.78 is 14.4. The third-order valence-electron chi connectivity index (χ3n) is 3.77. The first-order valence-electron chi connectivity index (χ1n) is 8.29. The van der Waals surface area contributed by atoms with E-state index in [9.17, 15) is 14.4 Å². The van der Waals surface area contributed by atoms with E-state index < -0.39 is 18.5 Å². The first-order valence-corrected chi connectivity index (χ1v) is 8.29. The normalized spacial score (nSPS) is 10.0. The Morgan fingerprint density at radius 1 is 0.963 bits per heavy atom. The highest BCUT2D eigenvalue weighted by molar-refractivity contribution is 6.01. The lowest BCUT2D eigenvalue weighted by Gasteiger charge is -2.11. The largest absolute Gasteiger partial charge is 0.497 e. The molecule has 7 heteroatoms. The molecule has 1 amide bonds. The minimum atomic E-state index is -0.716. The molecule has 0 saturated carbocycles. The van der Waals surface area contributed by atoms with Gasteiger partial charge in [0.2, 0.25) is 5.91 Å². The second kappa shape index (κ2) is 9.96. The van der Waals surface area contributed by atoms with Crippen LogP contribution in [0.3, 0.4) is 0 Å². The van der Waals surface area contributed by atoms with E-state index in [1.807, 2.05) is 24.3 Å². The van der Waals surface area contributed by atoms with Crippen LogP contribution in [0.15, 0.2) is 48.5 Å². The number of nitrogens with one attached hydrogen (secondary N) is 1. The molecule has 2 rings (SSSR count). The number of carbonyl (C=O) groups excluding carboxylic acids is 3. The van der Waals surface area contributed by atoms with Crippen molar-refractivity contribution in [1.29, 1.82) is 0 Å². The van der Waals surface area contributed by atoms with Crippen molar-refractivity contribution in [3.8, 4) is 5.75 Å². The van der Waals surface area contributed by atoms with Crippen molar-refractivity contribution < 1.29 is 28.6 Å². The van der Waals surface area contributed by atoms with Gasteiger partial charge in [0.25, 0.3) is 0 Å². The molecule has 0 saturated heterocycles. The van der Waals surface area contributed by atoms with E-state index in [-0.39, 0.29) is 17.9 Å². The standard InChI is InChI=1S/C20H21NO6/c1-25-15-10-7-14(8-11-15)9-12-18(22)21-17-6-4-3-5-16(17)20(24)27-13-19(23)26-2/h3-8,10-11H,9,12-13H2,1-2H3,(H,21,22). The molecular formula is C20H21NO6. The molecule has 0 spiro atoms. The number of aryl methyl sites for hydroxylation is 1. The van der Waals surface area contributed by atoms with Crippen molar-refractivity contribution >= 4 is 23.5 Å². The smallest absolute Gasteiger partial charge is 0.344 e. The molecule has 0 aromatic heterocycles. The van der Waals surface area contributed by atoms with Crippen molar-refractivity contribution in [3.63, 3.8) is 0 Å². The lowest BCUT2D eigenvalue weighted by Crippen LogP contribution is -2.18. The first kappa shape index (κ1) is 20.0. The Kier molecular flexibility index (Phi) is 7.37. The summed E-state index contributed by atoms with van der Waals surface area (Å²) in [5.41, 5.74) is 1.49. The van der Waals surface area contributed by atoms with Crippen LogP contribution in [0.2, 0.25) is 0 Å². The third kappa shape index (κ3) is 6.14. The van der Waals surface area contributed by atoms with Gasteiger partial charge in [0.1, 0.15) is 5.75 Å². The van der Waals surface area contributed by atoms with Crippen molar-refractivity contribution in [2.75, 3.05) is 26.1 Å². The lowest BCUT2D eigenvalue weighted by molar-refractivity contribution is -0.144. The maximum absolute atomic E-state index is 12.2. The maximum Gasteiger partial charge on any atom is 0.344 e. The Bertz CT molecular complexity index is 800. The van der Waals surface area contributed by atoms with Crippen molar-refractivity contribution in [2.45, 2.75) is 12.8 Å². The number of benzene rings is 2. The summed E-state index contributed by atoms with van der Waals surface area (Å²) >= 11 is 0. The number of rotatable bonds is 8. The molecule has 0 radical (unpaired) electrons. The SMILES string of the molecule is COC(=O)COC(=O)c1ccccc1NC(=O)CCc1ccc(OC)cc1. The van der Waals surface area contributed by atoms with Gasteiger partial charge in [-0.25, -0.2) is 9.59 Å². The fourth-order valence-corrected chi connectivity index (χ4v) is 2.29. The summed E-state index contributed by atoms with van der Waals surface area (Å²) in [6.07, 6.45) is 0.794. The molecule has 2 aromatic rings. The number of hydrogen-bond donors (Lipinski definition) is 1. The van der Waals surface area contributed by atoms with Gasteiger partial charge in [0, 0.05) is 6.42 Å². The van der Waals surface area contributed by atoms with Gasteiger partial charge in [-0.05, 0) is 36.2 Å². The average molecular weight is 371 g/mol. The number of para-hydroxylation sites is 1. The molecular weight excluding hydrogens is 350 g/mol. The number of ether oxygens (including phenoxy) is 3. The summed E-state index contributed by atoms with van der Waals surface area (Å²) in [4.78, 5) is 35.4. The molecule has 2 aromatic carbocycles. The van der Waals surface area contributed by atoms with Gasteiger partial charge < -0.3 is 19.5 Å². The van der Waals surface area contributed by atoms with E-state index in [4.69, 9.17) is 9.47 Å². The second-order valence-corrected chi connectivity index (χ2v) is 5.59. The quantitative estimate of drug-likeness (QED) is 0.717. The summed E-state index contributed by atoms with van der Waals surface area (Å²) in [5, 5.41) is 2.71. The molecule has 0 atom stereocenters. The van der Waals surface area contributed by atoms with E-state index in [0.717, 1.165) is 11.3 Å². The number of anilines is 1. The van der Waals surface area contributed by atoms with E-state index in [1.165, 1.54) is 13.2 Å². The molecule has 1 N–H and O–H groups in total. The highest BCUT2D eigenvalue weighted by Gasteiger charge is 2.16. The number of esters is 2. The third-order valence-corrected chi connectivity index (χ3v) is 3.77. The summed E-state index contributed by atoms with van der Waals surface area (Å²) in [6, 6.07) is 13.9. The number of amides is 1. The van der Waals surface area contributed by atoms with Crippen LogP contribution in [0.4, 0.5) is 5.69 Å². The Labute approximate surface area is 157 Å². The Morgan fingerprint density at radius 2 is 1.67 bits per heavy atom. The number of carbonyl (C=O) groups is 3. The Morgan fingerprint density at radius 3 is 2.33 bits per heavy atom. The fourth-order valence-electron chi connectivity index (χ4n) is 2.29. The van der Waals surface area contributed by atoms with Crippen molar-refractivity contribution in [1.82, 2.24) is 0 Å². The molecule has 0 aliphatic heterocycles. The zero-order valence-electron chi connectivity index (χ0n) is 15.2. The van der Waals surface area contributed by atoms with Crippen LogP contribution in [0.5, 0.6) is 5.75 Å². The van der Waals surface area contributed by atoms with Crippen molar-refractivity contribution in [3.05, 3.63) is 59.7 Å². The van der Waals surface area contributed by atoms with Gasteiger partial charge in [-0.3, -0.25) is 4.79 Å². The monoisotopic (exact) mass is 371 g/mol. The fraction of sp³-hybridized carbons (Fsp3) is 0.250. The molecule has 7 nitrogen and oxygen atoms in total.